The van der Waals surface area contributed by atoms with E-state index in [4.69, 9.17) is 5.26 Å². The summed E-state index contributed by atoms with van der Waals surface area (Å²) in [6, 6.07) is 10.1. The van der Waals surface area contributed by atoms with E-state index < -0.39 is 0 Å². The third-order valence-electron chi connectivity index (χ3n) is 1.48. The van der Waals surface area contributed by atoms with Crippen molar-refractivity contribution in [1.29, 1.82) is 5.26 Å². The van der Waals surface area contributed by atoms with E-state index in [0.717, 1.165) is 0 Å². The second kappa shape index (κ2) is 4.20. The largest absolute Gasteiger partial charge is 0.367 e. The van der Waals surface area contributed by atoms with Crippen LogP contribution >= 0.6 is 0 Å². The number of aromatic nitrogens is 1. The van der Waals surface area contributed by atoms with Crippen LogP contribution in [0.5, 0.6) is 0 Å². The summed E-state index contributed by atoms with van der Waals surface area (Å²) in [4.78, 5) is 3.02. The van der Waals surface area contributed by atoms with Gasteiger partial charge in [0.05, 0.1) is 6.07 Å². The molecule has 12 heavy (non-hydrogen) atoms. The summed E-state index contributed by atoms with van der Waals surface area (Å²) in [7, 11) is 0. The second-order valence-electron chi connectivity index (χ2n) is 2.30. The maximum absolute atomic E-state index is 7.32. The first-order chi connectivity index (χ1) is 5.88. The van der Waals surface area contributed by atoms with Gasteiger partial charge in [0.1, 0.15) is 0 Å². The van der Waals surface area contributed by atoms with Gasteiger partial charge in [-0.05, 0) is 17.2 Å². The van der Waals surface area contributed by atoms with Gasteiger partial charge in [-0.1, -0.05) is 18.2 Å². The fourth-order valence-corrected chi connectivity index (χ4v) is 1.01. The highest BCUT2D eigenvalue weighted by atomic mass is 14.6. The number of nitriles is 1. The predicted molar refractivity (Wildman–Crippen MR) is 48.7 cm³/mol. The number of nitrogens with one attached hydrogen (secondary N) is 1. The number of aromatic amines is 1. The highest BCUT2D eigenvalue weighted by Gasteiger charge is 1.95. The Kier molecular flexibility index (Phi) is 2.92. The van der Waals surface area contributed by atoms with Crippen LogP contribution in [0.25, 0.3) is 11.1 Å². The predicted octanol–water partition coefficient (Wildman–Crippen LogP) is 2.65. The molecule has 0 atom stereocenters. The minimum Gasteiger partial charge on any atom is -0.367 e. The summed E-state index contributed by atoms with van der Waals surface area (Å²) in [5, 5.41) is 7.32. The van der Waals surface area contributed by atoms with Crippen LogP contribution in [0, 0.1) is 11.3 Å². The molecular weight excluding hydrogens is 148 g/mol. The molecular formula is C10H10N2. The molecule has 0 bridgehead atoms. The molecule has 0 radical (unpaired) electrons. The molecule has 1 heterocycles. The van der Waals surface area contributed by atoms with Gasteiger partial charge in [-0.15, -0.1) is 0 Å². The van der Waals surface area contributed by atoms with Crippen molar-refractivity contribution < 1.29 is 0 Å². The molecule has 0 aromatic heterocycles. The van der Waals surface area contributed by atoms with Crippen molar-refractivity contribution in [3.8, 4) is 17.2 Å². The zero-order valence-corrected chi connectivity index (χ0v) is 6.91. The Balaban J connectivity index is 0.000000213. The molecule has 0 saturated heterocycles. The van der Waals surface area contributed by atoms with Crippen molar-refractivity contribution in [2.45, 2.75) is 6.92 Å². The molecule has 0 saturated carbocycles. The van der Waals surface area contributed by atoms with Gasteiger partial charge in [-0.3, -0.25) is 0 Å². The van der Waals surface area contributed by atoms with Crippen LogP contribution in [-0.2, 0) is 0 Å². The van der Waals surface area contributed by atoms with Gasteiger partial charge in [0.2, 0.25) is 0 Å². The summed E-state index contributed by atoms with van der Waals surface area (Å²) in [6.07, 6.45) is 3.93. The SMILES string of the molecule is CC#N.c1cc2cc[nH]cc-2c1. The van der Waals surface area contributed by atoms with Crippen molar-refractivity contribution >= 4 is 0 Å². The van der Waals surface area contributed by atoms with Crippen molar-refractivity contribution in [2.24, 2.45) is 0 Å². The standard InChI is InChI=1S/C8H7N.C2H3N/c1-2-7-4-5-9-6-8(7)3-1;1-2-3/h1-6,9H;1H3. The average Bonchev–Trinajstić information content (AvgIpc) is 2.52. The Labute approximate surface area is 71.8 Å². The molecule has 0 amide bonds. The fourth-order valence-electron chi connectivity index (χ4n) is 1.01. The van der Waals surface area contributed by atoms with Gasteiger partial charge in [0.15, 0.2) is 0 Å². The second-order valence-corrected chi connectivity index (χ2v) is 2.30. The molecule has 2 aliphatic rings. The number of nitrogens with zero attached hydrogens (tertiary/aromatic N) is 1. The Morgan fingerprint density at radius 2 is 1.92 bits per heavy atom. The lowest BCUT2D eigenvalue weighted by Gasteiger charge is -1.93. The quantitative estimate of drug-likeness (QED) is 0.629. The number of pyridine rings is 1. The van der Waals surface area contributed by atoms with Crippen LogP contribution in [0.15, 0.2) is 36.7 Å². The molecule has 60 valence electrons. The number of hydrogen-bond acceptors (Lipinski definition) is 1. The van der Waals surface area contributed by atoms with Gasteiger partial charge in [-0.2, -0.15) is 5.26 Å². The fraction of sp³-hybridized carbons (Fsp3) is 0.100. The molecule has 1 aliphatic heterocycles. The monoisotopic (exact) mass is 158 g/mol. The summed E-state index contributed by atoms with van der Waals surface area (Å²) < 4.78 is 0. The Bertz CT molecular complexity index is 316. The van der Waals surface area contributed by atoms with Crippen molar-refractivity contribution in [3.63, 3.8) is 0 Å². The molecule has 2 heteroatoms. The molecule has 0 aromatic rings. The van der Waals surface area contributed by atoms with Gasteiger partial charge in [-0.25, -0.2) is 0 Å². The van der Waals surface area contributed by atoms with Crippen LogP contribution < -0.4 is 0 Å². The van der Waals surface area contributed by atoms with Gasteiger partial charge in [0, 0.05) is 19.3 Å². The van der Waals surface area contributed by atoms with E-state index in [2.05, 4.69) is 29.2 Å². The normalized spacial score (nSPS) is 8.33. The van der Waals surface area contributed by atoms with E-state index in [-0.39, 0.29) is 0 Å². The minimum absolute atomic E-state index is 1.28. The molecule has 0 aromatic carbocycles. The molecule has 1 aliphatic carbocycles. The maximum Gasteiger partial charge on any atom is 0.0587 e. The van der Waals surface area contributed by atoms with E-state index in [0.29, 0.717) is 0 Å². The van der Waals surface area contributed by atoms with E-state index in [1.54, 1.807) is 6.07 Å². The topological polar surface area (TPSA) is 39.6 Å². The zero-order chi connectivity index (χ0) is 8.81. The van der Waals surface area contributed by atoms with Gasteiger partial charge >= 0.3 is 0 Å². The van der Waals surface area contributed by atoms with Gasteiger partial charge < -0.3 is 4.98 Å². The first-order valence-electron chi connectivity index (χ1n) is 3.71. The Morgan fingerprint density at radius 1 is 1.25 bits per heavy atom. The van der Waals surface area contributed by atoms with Crippen molar-refractivity contribution in [1.82, 2.24) is 4.98 Å². The van der Waals surface area contributed by atoms with Crippen molar-refractivity contribution in [3.05, 3.63) is 36.7 Å². The first-order valence-corrected chi connectivity index (χ1v) is 3.71. The van der Waals surface area contributed by atoms with Crippen LogP contribution in [0.2, 0.25) is 0 Å². The van der Waals surface area contributed by atoms with Gasteiger partial charge in [0.25, 0.3) is 0 Å². The molecule has 2 nitrogen and oxygen atoms in total. The number of fused-ring (bicyclic) bond motifs is 1. The maximum atomic E-state index is 7.32. The summed E-state index contributed by atoms with van der Waals surface area (Å²) in [5.41, 5.74) is 2.58. The highest BCUT2D eigenvalue weighted by molar-refractivity contribution is 5.64. The molecule has 1 N–H and O–H groups in total. The molecule has 0 spiro atoms. The van der Waals surface area contributed by atoms with Crippen LogP contribution in [0.4, 0.5) is 0 Å². The molecule has 0 fully saturated rings. The number of H-pyrrole nitrogens is 1. The number of hydrogen-bond donors (Lipinski definition) is 1. The van der Waals surface area contributed by atoms with E-state index in [1.165, 1.54) is 18.1 Å². The molecule has 0 unspecified atom stereocenters. The highest BCUT2D eigenvalue weighted by Crippen LogP contribution is 2.19. The van der Waals surface area contributed by atoms with Crippen LogP contribution in [0.1, 0.15) is 6.92 Å². The third-order valence-corrected chi connectivity index (χ3v) is 1.48. The number of rotatable bonds is 0. The van der Waals surface area contributed by atoms with Crippen molar-refractivity contribution in [2.75, 3.05) is 0 Å². The average molecular weight is 158 g/mol. The van der Waals surface area contributed by atoms with E-state index in [1.807, 2.05) is 12.4 Å². The van der Waals surface area contributed by atoms with E-state index >= 15 is 0 Å². The summed E-state index contributed by atoms with van der Waals surface area (Å²) >= 11 is 0. The van der Waals surface area contributed by atoms with E-state index in [9.17, 15) is 0 Å². The summed E-state index contributed by atoms with van der Waals surface area (Å²) in [5.74, 6) is 0. The minimum atomic E-state index is 1.28. The Hall–Kier alpha value is -1.75. The lowest BCUT2D eigenvalue weighted by molar-refractivity contribution is 1.33. The zero-order valence-electron chi connectivity index (χ0n) is 6.91. The lowest BCUT2D eigenvalue weighted by atomic mass is 10.2. The smallest absolute Gasteiger partial charge is 0.0587 e. The first kappa shape index (κ1) is 8.35. The van der Waals surface area contributed by atoms with Crippen LogP contribution in [-0.4, -0.2) is 4.98 Å². The van der Waals surface area contributed by atoms with Crippen LogP contribution in [0.3, 0.4) is 0 Å². The third kappa shape index (κ3) is 1.86. The lowest BCUT2D eigenvalue weighted by Crippen LogP contribution is -1.72. The Morgan fingerprint density at radius 3 is 2.58 bits per heavy atom. The summed E-state index contributed by atoms with van der Waals surface area (Å²) in [6.45, 7) is 1.43. The molecule has 2 rings (SSSR count).